The molecule has 1 aromatic heterocycles. The number of carbonyl (C=O) groups excluding carboxylic acids is 3. The number of pyridine rings is 1. The van der Waals surface area contributed by atoms with Crippen molar-refractivity contribution in [1.82, 2.24) is 20.5 Å². The monoisotopic (exact) mass is 882 g/mol. The second-order valence-electron chi connectivity index (χ2n) is 15.2. The van der Waals surface area contributed by atoms with Crippen molar-refractivity contribution in [3.63, 3.8) is 0 Å². The number of benzene rings is 4. The molecular weight excluding hydrogens is 831 g/mol. The summed E-state index contributed by atoms with van der Waals surface area (Å²) in [5.74, 6) is 3.27. The Hall–Kier alpha value is -5.82. The number of nitrogens with one attached hydrogen (secondary N) is 2. The molecule has 3 heterocycles. The largest absolute Gasteiger partial charge is 0.489 e. The van der Waals surface area contributed by atoms with Crippen molar-refractivity contribution >= 4 is 41.9 Å². The van der Waals surface area contributed by atoms with E-state index in [0.717, 1.165) is 83.4 Å². The molecule has 1 saturated carbocycles. The van der Waals surface area contributed by atoms with Crippen LogP contribution in [-0.2, 0) is 35.6 Å². The van der Waals surface area contributed by atoms with Gasteiger partial charge in [0.1, 0.15) is 43.3 Å². The summed E-state index contributed by atoms with van der Waals surface area (Å²) in [5.41, 5.74) is 6.75. The summed E-state index contributed by atoms with van der Waals surface area (Å²) in [6.45, 7) is 7.33. The van der Waals surface area contributed by atoms with E-state index < -0.39 is 6.04 Å². The third kappa shape index (κ3) is 11.4. The van der Waals surface area contributed by atoms with Gasteiger partial charge in [-0.05, 0) is 116 Å². The number of nitrogens with zero attached hydrogens (tertiary/aromatic N) is 2. The number of hydrogen-bond acceptors (Lipinski definition) is 9. The molecule has 1 aliphatic carbocycles. The summed E-state index contributed by atoms with van der Waals surface area (Å²) in [6.07, 6.45) is 6.48. The van der Waals surface area contributed by atoms with Gasteiger partial charge in [-0.3, -0.25) is 9.78 Å². The van der Waals surface area contributed by atoms with Crippen molar-refractivity contribution in [2.75, 3.05) is 20.3 Å². The number of hydrogen-bond donors (Lipinski definition) is 3. The number of urea groups is 1. The fourth-order valence-corrected chi connectivity index (χ4v) is 8.01. The van der Waals surface area contributed by atoms with E-state index in [1.807, 2.05) is 93.4 Å². The van der Waals surface area contributed by atoms with E-state index in [9.17, 15) is 9.59 Å². The van der Waals surface area contributed by atoms with Crippen LogP contribution in [0, 0.1) is 13.8 Å². The van der Waals surface area contributed by atoms with Crippen molar-refractivity contribution in [3.8, 4) is 28.7 Å². The zero-order chi connectivity index (χ0) is 44.2. The van der Waals surface area contributed by atoms with E-state index in [-0.39, 0.29) is 30.6 Å². The lowest BCUT2D eigenvalue weighted by atomic mass is 9.92. The average molecular weight is 884 g/mol. The van der Waals surface area contributed by atoms with Crippen molar-refractivity contribution in [2.24, 2.45) is 0 Å². The SMILES string of the molecule is C=O.CO.Cc1nccc(Oc2ccc(CCNC(=O)C3Cc4cc5c(cc4CN3C(=O)NC3CCCC3)OC(c3ccc(OCc4ccc(Cl)c(Cl)c4)cc3)CO5)cc2)c1C. The number of amides is 3. The van der Waals surface area contributed by atoms with Crippen molar-refractivity contribution < 1.29 is 38.4 Å². The van der Waals surface area contributed by atoms with Crippen molar-refractivity contribution in [1.29, 1.82) is 0 Å². The molecule has 3 N–H and O–H groups in total. The lowest BCUT2D eigenvalue weighted by molar-refractivity contribution is -0.126. The standard InChI is InChI=1S/C46H46Cl2N4O6.CH4O.CH2O/c1-28-29(2)49-20-18-41(28)57-37-12-7-30(8-13-37)17-19-50-45(53)40-22-33-23-42-43(24-34(33)25-52(40)46(54)51-35-5-3-4-6-35)58-44(27-56-42)32-10-14-36(15-11-32)55-26-31-9-16-38(47)39(48)21-31;2*1-2/h7-16,18,20-21,23-24,35,40,44H,3-6,17,19,22,25-27H2,1-2H3,(H,50,53)(H,51,54);2H,1H3;1H2. The van der Waals surface area contributed by atoms with E-state index in [1.54, 1.807) is 23.2 Å². The number of carbonyl (C=O) groups is 3. The quantitative estimate of drug-likeness (QED) is 0.118. The van der Waals surface area contributed by atoms with Gasteiger partial charge in [0.25, 0.3) is 0 Å². The fraction of sp³-hybridized carbons (Fsp3) is 0.333. The Bertz CT molecular complexity index is 2300. The van der Waals surface area contributed by atoms with Gasteiger partial charge in [-0.1, -0.05) is 66.4 Å². The number of aryl methyl sites for hydroxylation is 1. The van der Waals surface area contributed by atoms with Crippen LogP contribution in [-0.4, -0.2) is 66.1 Å². The van der Waals surface area contributed by atoms with Gasteiger partial charge in [0.15, 0.2) is 17.6 Å². The van der Waals surface area contributed by atoms with Crippen LogP contribution in [0.2, 0.25) is 10.0 Å². The molecule has 12 nitrogen and oxygen atoms in total. The maximum absolute atomic E-state index is 13.9. The highest BCUT2D eigenvalue weighted by Crippen LogP contribution is 2.41. The van der Waals surface area contributed by atoms with Gasteiger partial charge in [-0.25, -0.2) is 4.79 Å². The number of aliphatic hydroxyl groups excluding tert-OH is 1. The minimum absolute atomic E-state index is 0.116. The van der Waals surface area contributed by atoms with E-state index >= 15 is 0 Å². The van der Waals surface area contributed by atoms with Crippen LogP contribution in [0.25, 0.3) is 0 Å². The highest BCUT2D eigenvalue weighted by molar-refractivity contribution is 6.42. The molecule has 62 heavy (non-hydrogen) atoms. The van der Waals surface area contributed by atoms with Gasteiger partial charge in [0.05, 0.1) is 10.0 Å². The Kier molecular flexibility index (Phi) is 16.1. The molecule has 2 atom stereocenters. The minimum atomic E-state index is -0.676. The molecule has 0 spiro atoms. The predicted octanol–water partition coefficient (Wildman–Crippen LogP) is 9.05. The van der Waals surface area contributed by atoms with Crippen LogP contribution in [0.4, 0.5) is 4.79 Å². The van der Waals surface area contributed by atoms with Crippen LogP contribution in [0.5, 0.6) is 28.7 Å². The van der Waals surface area contributed by atoms with E-state index in [1.165, 1.54) is 0 Å². The maximum Gasteiger partial charge on any atom is 0.318 e. The van der Waals surface area contributed by atoms with Crippen LogP contribution < -0.4 is 29.6 Å². The number of ether oxygens (including phenoxy) is 4. The Labute approximate surface area is 372 Å². The van der Waals surface area contributed by atoms with Crippen LogP contribution in [0.3, 0.4) is 0 Å². The summed E-state index contributed by atoms with van der Waals surface area (Å²) in [6, 6.07) is 26.0. The van der Waals surface area contributed by atoms with Crippen LogP contribution in [0.1, 0.15) is 70.9 Å². The third-order valence-corrected chi connectivity index (χ3v) is 12.0. The van der Waals surface area contributed by atoms with Crippen LogP contribution >= 0.6 is 23.2 Å². The smallest absolute Gasteiger partial charge is 0.318 e. The van der Waals surface area contributed by atoms with Gasteiger partial charge in [-0.15, -0.1) is 0 Å². The second-order valence-corrected chi connectivity index (χ2v) is 16.0. The van der Waals surface area contributed by atoms with Gasteiger partial charge in [0, 0.05) is 50.1 Å². The number of aliphatic hydroxyl groups is 1. The Morgan fingerprint density at radius 1 is 0.871 bits per heavy atom. The van der Waals surface area contributed by atoms with Gasteiger partial charge >= 0.3 is 6.03 Å². The van der Waals surface area contributed by atoms with Gasteiger partial charge in [0.2, 0.25) is 5.91 Å². The molecule has 1 fully saturated rings. The summed E-state index contributed by atoms with van der Waals surface area (Å²) < 4.78 is 24.8. The highest BCUT2D eigenvalue weighted by atomic mass is 35.5. The maximum atomic E-state index is 13.9. The molecule has 3 amide bonds. The normalized spacial score (nSPS) is 16.4. The van der Waals surface area contributed by atoms with E-state index in [4.69, 9.17) is 52.1 Å². The molecular formula is C48H52Cl2N4O8. The first kappa shape index (κ1) is 45.7. The first-order chi connectivity index (χ1) is 30.2. The Morgan fingerprint density at radius 2 is 1.56 bits per heavy atom. The highest BCUT2D eigenvalue weighted by Gasteiger charge is 2.37. The van der Waals surface area contributed by atoms with Gasteiger partial charge < -0.3 is 44.4 Å². The van der Waals surface area contributed by atoms with Crippen LogP contribution in [0.15, 0.2) is 91.1 Å². The zero-order valence-electron chi connectivity index (χ0n) is 35.1. The summed E-state index contributed by atoms with van der Waals surface area (Å²) >= 11 is 12.2. The van der Waals surface area contributed by atoms with Crippen molar-refractivity contribution in [2.45, 2.75) is 83.7 Å². The molecule has 14 heteroatoms. The molecule has 0 saturated heterocycles. The second kappa shape index (κ2) is 21.8. The molecule has 0 bridgehead atoms. The lowest BCUT2D eigenvalue weighted by Crippen LogP contribution is -2.56. The molecule has 5 aromatic rings. The number of halogens is 2. The molecule has 2 aliphatic heterocycles. The molecule has 2 unspecified atom stereocenters. The molecule has 4 aromatic carbocycles. The zero-order valence-corrected chi connectivity index (χ0v) is 36.6. The number of fused-ring (bicyclic) bond motifs is 2. The predicted molar refractivity (Wildman–Crippen MR) is 239 cm³/mol. The van der Waals surface area contributed by atoms with E-state index in [2.05, 4.69) is 15.6 Å². The molecule has 8 rings (SSSR count). The minimum Gasteiger partial charge on any atom is -0.489 e. The fourth-order valence-electron chi connectivity index (χ4n) is 7.69. The third-order valence-electron chi connectivity index (χ3n) is 11.2. The first-order valence-electron chi connectivity index (χ1n) is 20.6. The van der Waals surface area contributed by atoms with Crippen molar-refractivity contribution in [3.05, 3.63) is 140 Å². The Morgan fingerprint density at radius 3 is 2.29 bits per heavy atom. The molecule has 3 aliphatic rings. The first-order valence-corrected chi connectivity index (χ1v) is 21.3. The molecule has 0 radical (unpaired) electrons. The molecule has 326 valence electrons. The van der Waals surface area contributed by atoms with E-state index in [0.29, 0.717) is 59.9 Å². The average Bonchev–Trinajstić information content (AvgIpc) is 3.82. The lowest BCUT2D eigenvalue weighted by Gasteiger charge is -2.37. The summed E-state index contributed by atoms with van der Waals surface area (Å²) in [7, 11) is 1.00. The Balaban J connectivity index is 0.00000156. The summed E-state index contributed by atoms with van der Waals surface area (Å²) in [4.78, 5) is 41.7. The summed E-state index contributed by atoms with van der Waals surface area (Å²) in [5, 5.41) is 14.3. The number of aromatic nitrogens is 1. The number of rotatable bonds is 11. The van der Waals surface area contributed by atoms with Gasteiger partial charge in [-0.2, -0.15) is 0 Å². The topological polar surface area (TPSA) is 149 Å².